The Bertz CT molecular complexity index is 308. The van der Waals surface area contributed by atoms with Crippen LogP contribution in [0.2, 0.25) is 0 Å². The Morgan fingerprint density at radius 1 is 1.29 bits per heavy atom. The molecule has 1 amide bonds. The summed E-state index contributed by atoms with van der Waals surface area (Å²) in [7, 11) is 0. The van der Waals surface area contributed by atoms with Crippen LogP contribution < -0.4 is 5.32 Å². The van der Waals surface area contributed by atoms with Crippen molar-refractivity contribution in [2.45, 2.75) is 44.2 Å². The lowest BCUT2D eigenvalue weighted by molar-refractivity contribution is -0.135. The van der Waals surface area contributed by atoms with Crippen molar-refractivity contribution in [2.75, 3.05) is 19.7 Å². The van der Waals surface area contributed by atoms with E-state index in [9.17, 15) is 9.90 Å². The quantitative estimate of drug-likeness (QED) is 0.730. The van der Waals surface area contributed by atoms with E-state index >= 15 is 0 Å². The van der Waals surface area contributed by atoms with Gasteiger partial charge in [0.05, 0.1) is 18.7 Å². The van der Waals surface area contributed by atoms with Crippen molar-refractivity contribution in [1.29, 1.82) is 0 Å². The van der Waals surface area contributed by atoms with Crippen molar-refractivity contribution in [1.82, 2.24) is 10.2 Å². The fourth-order valence-corrected chi connectivity index (χ4v) is 3.95. The van der Waals surface area contributed by atoms with Crippen molar-refractivity contribution in [2.24, 2.45) is 11.8 Å². The molecule has 17 heavy (non-hydrogen) atoms. The molecule has 4 nitrogen and oxygen atoms in total. The summed E-state index contributed by atoms with van der Waals surface area (Å²) in [4.78, 5) is 14.4. The molecule has 4 heteroatoms. The average molecular weight is 238 g/mol. The lowest BCUT2D eigenvalue weighted by atomic mass is 9.93. The van der Waals surface area contributed by atoms with Gasteiger partial charge in [-0.1, -0.05) is 6.42 Å². The van der Waals surface area contributed by atoms with Crippen molar-refractivity contribution >= 4 is 5.91 Å². The highest BCUT2D eigenvalue weighted by atomic mass is 16.3. The van der Waals surface area contributed by atoms with Crippen molar-refractivity contribution < 1.29 is 9.90 Å². The molecule has 3 rings (SSSR count). The van der Waals surface area contributed by atoms with Crippen LogP contribution in [0.15, 0.2) is 0 Å². The van der Waals surface area contributed by atoms with Crippen molar-refractivity contribution in [3.8, 4) is 0 Å². The van der Waals surface area contributed by atoms with Crippen molar-refractivity contribution in [3.63, 3.8) is 0 Å². The molecular formula is C13H22N2O2. The summed E-state index contributed by atoms with van der Waals surface area (Å²) in [5.41, 5.74) is 0. The normalized spacial score (nSPS) is 40.9. The summed E-state index contributed by atoms with van der Waals surface area (Å²) >= 11 is 0. The number of nitrogens with one attached hydrogen (secondary N) is 1. The maximum Gasteiger partial charge on any atom is 0.240 e. The first-order chi connectivity index (χ1) is 8.31. The number of carbonyl (C=O) groups excluding carboxylic acids is 1. The van der Waals surface area contributed by atoms with Gasteiger partial charge in [-0.2, -0.15) is 0 Å². The van der Waals surface area contributed by atoms with Gasteiger partial charge in [-0.25, -0.2) is 0 Å². The molecule has 4 atom stereocenters. The smallest absolute Gasteiger partial charge is 0.240 e. The molecule has 2 saturated heterocycles. The summed E-state index contributed by atoms with van der Waals surface area (Å²) in [6.45, 7) is 1.96. The number of aliphatic hydroxyl groups is 1. The SMILES string of the molecule is O=C(C1NCC2CCCC21)N1CCCC1CO. The van der Waals surface area contributed by atoms with Crippen LogP contribution in [0.3, 0.4) is 0 Å². The van der Waals surface area contributed by atoms with Gasteiger partial charge in [0.25, 0.3) is 0 Å². The lowest BCUT2D eigenvalue weighted by Gasteiger charge is -2.28. The third kappa shape index (κ3) is 1.87. The van der Waals surface area contributed by atoms with Gasteiger partial charge in [0.1, 0.15) is 0 Å². The second kappa shape index (κ2) is 4.58. The van der Waals surface area contributed by atoms with Gasteiger partial charge in [-0.3, -0.25) is 4.79 Å². The van der Waals surface area contributed by atoms with Crippen LogP contribution in [-0.4, -0.2) is 47.7 Å². The van der Waals surface area contributed by atoms with Crippen LogP contribution in [0.25, 0.3) is 0 Å². The minimum Gasteiger partial charge on any atom is -0.394 e. The van der Waals surface area contributed by atoms with Crippen LogP contribution in [0.1, 0.15) is 32.1 Å². The zero-order valence-electron chi connectivity index (χ0n) is 10.3. The minimum absolute atomic E-state index is 0.0367. The van der Waals surface area contributed by atoms with Crippen molar-refractivity contribution in [3.05, 3.63) is 0 Å². The molecule has 0 spiro atoms. The maximum atomic E-state index is 12.5. The predicted molar refractivity (Wildman–Crippen MR) is 64.4 cm³/mol. The van der Waals surface area contributed by atoms with Crippen LogP contribution in [0.4, 0.5) is 0 Å². The fraction of sp³-hybridized carbons (Fsp3) is 0.923. The monoisotopic (exact) mass is 238 g/mol. The molecule has 0 bridgehead atoms. The molecular weight excluding hydrogens is 216 g/mol. The van der Waals surface area contributed by atoms with Gasteiger partial charge in [0.2, 0.25) is 5.91 Å². The third-order valence-corrected chi connectivity index (χ3v) is 4.88. The molecule has 1 aliphatic carbocycles. The summed E-state index contributed by atoms with van der Waals surface area (Å²) in [5.74, 6) is 1.53. The molecule has 2 heterocycles. The number of rotatable bonds is 2. The highest BCUT2D eigenvalue weighted by Gasteiger charge is 2.45. The lowest BCUT2D eigenvalue weighted by Crippen LogP contribution is -2.49. The first-order valence-electron chi connectivity index (χ1n) is 6.96. The number of likely N-dealkylation sites (tertiary alicyclic amines) is 1. The van der Waals surface area contributed by atoms with Gasteiger partial charge >= 0.3 is 0 Å². The Morgan fingerprint density at radius 3 is 3.00 bits per heavy atom. The van der Waals surface area contributed by atoms with Gasteiger partial charge in [-0.05, 0) is 44.1 Å². The van der Waals surface area contributed by atoms with E-state index in [1.54, 1.807) is 0 Å². The topological polar surface area (TPSA) is 52.6 Å². The minimum atomic E-state index is 0.0367. The average Bonchev–Trinajstić information content (AvgIpc) is 3.03. The van der Waals surface area contributed by atoms with E-state index in [4.69, 9.17) is 0 Å². The molecule has 2 N–H and O–H groups in total. The molecule has 0 aromatic carbocycles. The van der Waals surface area contributed by atoms with Gasteiger partial charge < -0.3 is 15.3 Å². The second-order valence-electron chi connectivity index (χ2n) is 5.75. The first kappa shape index (κ1) is 11.5. The number of nitrogens with zero attached hydrogens (tertiary/aromatic N) is 1. The van der Waals surface area contributed by atoms with E-state index in [2.05, 4.69) is 5.32 Å². The Morgan fingerprint density at radius 2 is 2.18 bits per heavy atom. The number of hydrogen-bond donors (Lipinski definition) is 2. The number of carbonyl (C=O) groups is 1. The standard InChI is InChI=1S/C13H22N2O2/c16-8-10-4-2-6-15(10)13(17)12-11-5-1-3-9(11)7-14-12/h9-12,14,16H,1-8H2. The van der Waals surface area contributed by atoms with Crippen LogP contribution in [-0.2, 0) is 4.79 Å². The summed E-state index contributed by atoms with van der Waals surface area (Å²) < 4.78 is 0. The zero-order chi connectivity index (χ0) is 11.8. The largest absolute Gasteiger partial charge is 0.394 e. The molecule has 0 aromatic heterocycles. The summed E-state index contributed by atoms with van der Waals surface area (Å²) in [6.07, 6.45) is 5.77. The van der Waals surface area contributed by atoms with E-state index in [0.29, 0.717) is 5.92 Å². The second-order valence-corrected chi connectivity index (χ2v) is 5.75. The molecule has 3 aliphatic rings. The molecule has 4 unspecified atom stereocenters. The highest BCUT2D eigenvalue weighted by Crippen LogP contribution is 2.38. The molecule has 2 aliphatic heterocycles. The summed E-state index contributed by atoms with van der Waals surface area (Å²) in [5, 5.41) is 12.7. The van der Waals surface area contributed by atoms with E-state index in [1.165, 1.54) is 19.3 Å². The molecule has 3 fully saturated rings. The number of aliphatic hydroxyl groups excluding tert-OH is 1. The molecule has 0 aromatic rings. The first-order valence-corrected chi connectivity index (χ1v) is 6.96. The third-order valence-electron chi connectivity index (χ3n) is 4.88. The predicted octanol–water partition coefficient (Wildman–Crippen LogP) is 0.358. The van der Waals surface area contributed by atoms with E-state index in [-0.39, 0.29) is 24.6 Å². The Hall–Kier alpha value is -0.610. The van der Waals surface area contributed by atoms with Crippen LogP contribution in [0, 0.1) is 11.8 Å². The molecule has 0 radical (unpaired) electrons. The Labute approximate surface area is 102 Å². The Balaban J connectivity index is 1.69. The molecule has 1 saturated carbocycles. The fourth-order valence-electron chi connectivity index (χ4n) is 3.95. The van der Waals surface area contributed by atoms with Gasteiger partial charge in [0.15, 0.2) is 0 Å². The van der Waals surface area contributed by atoms with E-state index in [0.717, 1.165) is 31.8 Å². The number of amides is 1. The van der Waals surface area contributed by atoms with E-state index in [1.807, 2.05) is 4.90 Å². The van der Waals surface area contributed by atoms with Crippen LogP contribution >= 0.6 is 0 Å². The number of hydrogen-bond acceptors (Lipinski definition) is 3. The number of fused-ring (bicyclic) bond motifs is 1. The highest BCUT2D eigenvalue weighted by molar-refractivity contribution is 5.83. The zero-order valence-corrected chi connectivity index (χ0v) is 10.3. The summed E-state index contributed by atoms with van der Waals surface area (Å²) in [6, 6.07) is 0.111. The Kier molecular flexibility index (Phi) is 3.09. The van der Waals surface area contributed by atoms with Gasteiger partial charge in [0, 0.05) is 6.54 Å². The molecule has 96 valence electrons. The maximum absolute atomic E-state index is 12.5. The van der Waals surface area contributed by atoms with E-state index < -0.39 is 0 Å². The van der Waals surface area contributed by atoms with Crippen LogP contribution in [0.5, 0.6) is 0 Å². The van der Waals surface area contributed by atoms with Gasteiger partial charge in [-0.15, -0.1) is 0 Å².